The van der Waals surface area contributed by atoms with Crippen molar-refractivity contribution in [1.82, 2.24) is 10.2 Å². The smallest absolute Gasteiger partial charge is 0.0360 e. The summed E-state index contributed by atoms with van der Waals surface area (Å²) in [7, 11) is 0. The summed E-state index contributed by atoms with van der Waals surface area (Å²) in [6.45, 7) is 10.9. The molecule has 0 saturated carbocycles. The first-order chi connectivity index (χ1) is 7.70. The van der Waals surface area contributed by atoms with E-state index in [4.69, 9.17) is 0 Å². The first-order valence-electron chi connectivity index (χ1n) is 7.20. The zero-order chi connectivity index (χ0) is 11.6. The molecule has 0 bridgehead atoms. The van der Waals surface area contributed by atoms with Gasteiger partial charge >= 0.3 is 0 Å². The molecule has 2 rings (SSSR count). The van der Waals surface area contributed by atoms with Crippen molar-refractivity contribution in [3.63, 3.8) is 0 Å². The van der Waals surface area contributed by atoms with Gasteiger partial charge in [-0.2, -0.15) is 0 Å². The van der Waals surface area contributed by atoms with Gasteiger partial charge in [0.1, 0.15) is 0 Å². The molecular formula is C14H28N2. The normalized spacial score (nSPS) is 37.1. The molecule has 0 aromatic rings. The lowest BCUT2D eigenvalue weighted by molar-refractivity contribution is 0.0490. The Kier molecular flexibility index (Phi) is 3.91. The van der Waals surface area contributed by atoms with Crippen molar-refractivity contribution in [2.24, 2.45) is 5.92 Å². The summed E-state index contributed by atoms with van der Waals surface area (Å²) in [6.07, 6.45) is 6.98. The summed E-state index contributed by atoms with van der Waals surface area (Å²) in [5.74, 6) is 0.757. The zero-order valence-corrected chi connectivity index (χ0v) is 11.3. The number of hydrogen-bond donors (Lipinski definition) is 1. The molecule has 2 aliphatic rings. The van der Waals surface area contributed by atoms with Gasteiger partial charge in [0.05, 0.1) is 0 Å². The Morgan fingerprint density at radius 2 is 2.12 bits per heavy atom. The van der Waals surface area contributed by atoms with Gasteiger partial charge in [0.15, 0.2) is 0 Å². The Morgan fingerprint density at radius 1 is 1.31 bits per heavy atom. The molecule has 0 amide bonds. The van der Waals surface area contributed by atoms with Gasteiger partial charge in [0, 0.05) is 11.6 Å². The van der Waals surface area contributed by atoms with Crippen LogP contribution in [0.4, 0.5) is 0 Å². The second-order valence-electron chi connectivity index (χ2n) is 5.87. The molecule has 94 valence electrons. The van der Waals surface area contributed by atoms with Gasteiger partial charge in [0.25, 0.3) is 0 Å². The second kappa shape index (κ2) is 5.05. The standard InChI is InChI=1S/C14H28N2/c1-4-16-11-6-5-8-13(16)14(12(2)3)9-7-10-15-14/h12-13,15H,4-11H2,1-3H3. The van der Waals surface area contributed by atoms with Crippen molar-refractivity contribution in [3.05, 3.63) is 0 Å². The van der Waals surface area contributed by atoms with Crippen LogP contribution in [0.2, 0.25) is 0 Å². The van der Waals surface area contributed by atoms with Crippen LogP contribution < -0.4 is 5.32 Å². The average molecular weight is 224 g/mol. The third-order valence-corrected chi connectivity index (χ3v) is 4.87. The predicted octanol–water partition coefficient (Wildman–Crippen LogP) is 2.64. The fourth-order valence-corrected chi connectivity index (χ4v) is 3.91. The third-order valence-electron chi connectivity index (χ3n) is 4.87. The average Bonchev–Trinajstić information content (AvgIpc) is 2.79. The van der Waals surface area contributed by atoms with E-state index in [1.165, 1.54) is 51.7 Å². The molecule has 0 spiro atoms. The highest BCUT2D eigenvalue weighted by Crippen LogP contribution is 2.37. The maximum Gasteiger partial charge on any atom is 0.0360 e. The Labute approximate surface area is 101 Å². The monoisotopic (exact) mass is 224 g/mol. The maximum atomic E-state index is 3.86. The van der Waals surface area contributed by atoms with Gasteiger partial charge in [-0.1, -0.05) is 27.2 Å². The second-order valence-corrected chi connectivity index (χ2v) is 5.87. The Balaban J connectivity index is 2.17. The van der Waals surface area contributed by atoms with Gasteiger partial charge in [-0.3, -0.25) is 4.90 Å². The van der Waals surface area contributed by atoms with Crippen LogP contribution in [0.15, 0.2) is 0 Å². The highest BCUT2D eigenvalue weighted by Gasteiger charge is 2.46. The first kappa shape index (κ1) is 12.4. The third kappa shape index (κ3) is 2.02. The molecule has 0 aromatic heterocycles. The molecule has 16 heavy (non-hydrogen) atoms. The number of likely N-dealkylation sites (tertiary alicyclic amines) is 1. The number of rotatable bonds is 3. The maximum absolute atomic E-state index is 3.86. The van der Waals surface area contributed by atoms with E-state index < -0.39 is 0 Å². The number of hydrogen-bond acceptors (Lipinski definition) is 2. The van der Waals surface area contributed by atoms with Crippen LogP contribution in [0.3, 0.4) is 0 Å². The van der Waals surface area contributed by atoms with E-state index in [9.17, 15) is 0 Å². The number of piperidine rings is 1. The molecule has 0 radical (unpaired) electrons. The van der Waals surface area contributed by atoms with Crippen molar-refractivity contribution in [2.45, 2.75) is 64.5 Å². The highest BCUT2D eigenvalue weighted by atomic mass is 15.2. The summed E-state index contributed by atoms with van der Waals surface area (Å²) >= 11 is 0. The van der Waals surface area contributed by atoms with Gasteiger partial charge in [-0.15, -0.1) is 0 Å². The summed E-state index contributed by atoms with van der Waals surface area (Å²) in [5.41, 5.74) is 0.413. The fraction of sp³-hybridized carbons (Fsp3) is 1.00. The van der Waals surface area contributed by atoms with Gasteiger partial charge in [0.2, 0.25) is 0 Å². The van der Waals surface area contributed by atoms with Crippen molar-refractivity contribution in [1.29, 1.82) is 0 Å². The van der Waals surface area contributed by atoms with Crippen LogP contribution >= 0.6 is 0 Å². The Bertz CT molecular complexity index is 219. The molecular weight excluding hydrogens is 196 g/mol. The van der Waals surface area contributed by atoms with Crippen molar-refractivity contribution < 1.29 is 0 Å². The number of nitrogens with zero attached hydrogens (tertiary/aromatic N) is 1. The van der Waals surface area contributed by atoms with Crippen LogP contribution in [0.25, 0.3) is 0 Å². The molecule has 2 unspecified atom stereocenters. The summed E-state index contributed by atoms with van der Waals surface area (Å²) in [4.78, 5) is 2.72. The van der Waals surface area contributed by atoms with Crippen LogP contribution in [0.1, 0.15) is 52.9 Å². The van der Waals surface area contributed by atoms with E-state index in [0.717, 1.165) is 12.0 Å². The van der Waals surface area contributed by atoms with Crippen LogP contribution in [0, 0.1) is 5.92 Å². The van der Waals surface area contributed by atoms with Crippen LogP contribution in [-0.2, 0) is 0 Å². The minimum Gasteiger partial charge on any atom is -0.310 e. The van der Waals surface area contributed by atoms with Gasteiger partial charge < -0.3 is 5.32 Å². The molecule has 2 fully saturated rings. The van der Waals surface area contributed by atoms with E-state index in [0.29, 0.717) is 5.54 Å². The lowest BCUT2D eigenvalue weighted by Gasteiger charge is -2.49. The lowest BCUT2D eigenvalue weighted by Crippen LogP contribution is -2.62. The fourth-order valence-electron chi connectivity index (χ4n) is 3.91. The van der Waals surface area contributed by atoms with Gasteiger partial charge in [-0.25, -0.2) is 0 Å². The molecule has 2 atom stereocenters. The highest BCUT2D eigenvalue weighted by molar-refractivity contribution is 5.05. The Hall–Kier alpha value is -0.0800. The number of likely N-dealkylation sites (N-methyl/N-ethyl adjacent to an activating group) is 1. The largest absolute Gasteiger partial charge is 0.310 e. The predicted molar refractivity (Wildman–Crippen MR) is 69.7 cm³/mol. The topological polar surface area (TPSA) is 15.3 Å². The number of nitrogens with one attached hydrogen (secondary N) is 1. The van der Waals surface area contributed by atoms with Crippen molar-refractivity contribution >= 4 is 0 Å². The van der Waals surface area contributed by atoms with E-state index >= 15 is 0 Å². The lowest BCUT2D eigenvalue weighted by atomic mass is 9.74. The van der Waals surface area contributed by atoms with E-state index in [1.807, 2.05) is 0 Å². The van der Waals surface area contributed by atoms with E-state index in [2.05, 4.69) is 31.0 Å². The quantitative estimate of drug-likeness (QED) is 0.793. The first-order valence-corrected chi connectivity index (χ1v) is 7.20. The summed E-state index contributed by atoms with van der Waals surface area (Å²) in [5, 5.41) is 3.86. The van der Waals surface area contributed by atoms with Crippen molar-refractivity contribution in [2.75, 3.05) is 19.6 Å². The summed E-state index contributed by atoms with van der Waals surface area (Å²) in [6, 6.07) is 0.786. The van der Waals surface area contributed by atoms with Crippen molar-refractivity contribution in [3.8, 4) is 0 Å². The van der Waals surface area contributed by atoms with E-state index in [-0.39, 0.29) is 0 Å². The minimum atomic E-state index is 0.413. The Morgan fingerprint density at radius 3 is 2.69 bits per heavy atom. The minimum absolute atomic E-state index is 0.413. The SMILES string of the molecule is CCN1CCCCC1C1(C(C)C)CCCN1. The van der Waals surface area contributed by atoms with E-state index in [1.54, 1.807) is 0 Å². The summed E-state index contributed by atoms with van der Waals surface area (Å²) < 4.78 is 0. The van der Waals surface area contributed by atoms with Crippen LogP contribution in [0.5, 0.6) is 0 Å². The van der Waals surface area contributed by atoms with Gasteiger partial charge in [-0.05, 0) is 51.2 Å². The molecule has 1 N–H and O–H groups in total. The molecule has 0 aliphatic carbocycles. The van der Waals surface area contributed by atoms with Crippen LogP contribution in [-0.4, -0.2) is 36.1 Å². The molecule has 2 aliphatic heterocycles. The molecule has 0 aromatic carbocycles. The molecule has 2 heterocycles. The molecule has 2 heteroatoms. The zero-order valence-electron chi connectivity index (χ0n) is 11.3. The molecule has 2 saturated heterocycles. The molecule has 2 nitrogen and oxygen atoms in total.